The van der Waals surface area contributed by atoms with Gasteiger partial charge >= 0.3 is 5.76 Å². The first kappa shape index (κ1) is 14.8. The highest BCUT2D eigenvalue weighted by atomic mass is 32.2. The van der Waals surface area contributed by atoms with Gasteiger partial charge in [-0.15, -0.1) is 0 Å². The quantitative estimate of drug-likeness (QED) is 0.846. The van der Waals surface area contributed by atoms with E-state index in [9.17, 15) is 13.2 Å². The molecule has 0 unspecified atom stereocenters. The molecule has 0 bridgehead atoms. The maximum absolute atomic E-state index is 11.5. The number of nitrogens with one attached hydrogen (secondary N) is 1. The highest BCUT2D eigenvalue weighted by Gasteiger charge is 2.12. The van der Waals surface area contributed by atoms with Crippen molar-refractivity contribution >= 4 is 21.3 Å². The number of aromatic nitrogens is 1. The Balaban J connectivity index is 2.11. The molecule has 7 nitrogen and oxygen atoms in total. The van der Waals surface area contributed by atoms with Gasteiger partial charge in [0.1, 0.15) is 0 Å². The molecule has 1 N–H and O–H groups in total. The first-order valence-corrected chi connectivity index (χ1v) is 7.51. The third kappa shape index (κ3) is 2.92. The lowest BCUT2D eigenvalue weighted by molar-refractivity contribution is 0.506. The van der Waals surface area contributed by atoms with Crippen LogP contribution in [0.5, 0.6) is 0 Å². The number of hydrogen-bond donors (Lipinski definition) is 1. The van der Waals surface area contributed by atoms with Crippen LogP contribution in [0, 0.1) is 0 Å². The summed E-state index contributed by atoms with van der Waals surface area (Å²) in [6, 6.07) is 5.35. The van der Waals surface area contributed by atoms with Gasteiger partial charge in [-0.25, -0.2) is 9.52 Å². The fourth-order valence-electron chi connectivity index (χ4n) is 1.78. The van der Waals surface area contributed by atoms with E-state index in [1.807, 2.05) is 12.1 Å². The van der Waals surface area contributed by atoms with Crippen molar-refractivity contribution in [1.82, 2.24) is 13.6 Å². The standard InChI is InChI=1S/C12H17N3O4S/c1-14(2)20(17,18)13-7-6-9-4-5-11-10(8-9)15(3)12(16)19-11/h4-5,8,13H,6-7H2,1-3H3. The number of aryl methyl sites for hydroxylation is 1. The molecule has 0 saturated carbocycles. The molecule has 0 radical (unpaired) electrons. The summed E-state index contributed by atoms with van der Waals surface area (Å²) in [4.78, 5) is 11.4. The van der Waals surface area contributed by atoms with Gasteiger partial charge in [0, 0.05) is 27.7 Å². The average molecular weight is 299 g/mol. The summed E-state index contributed by atoms with van der Waals surface area (Å²) in [5.74, 6) is -0.412. The molecule has 0 spiro atoms. The lowest BCUT2D eigenvalue weighted by atomic mass is 10.1. The lowest BCUT2D eigenvalue weighted by Gasteiger charge is -2.12. The third-order valence-electron chi connectivity index (χ3n) is 3.03. The van der Waals surface area contributed by atoms with E-state index >= 15 is 0 Å². The van der Waals surface area contributed by atoms with Crippen molar-refractivity contribution in [3.05, 3.63) is 34.3 Å². The van der Waals surface area contributed by atoms with E-state index in [2.05, 4.69) is 4.72 Å². The first-order chi connectivity index (χ1) is 9.31. The van der Waals surface area contributed by atoms with Crippen LogP contribution in [-0.2, 0) is 23.7 Å². The van der Waals surface area contributed by atoms with Crippen molar-refractivity contribution in [3.8, 4) is 0 Å². The van der Waals surface area contributed by atoms with Gasteiger partial charge in [-0.05, 0) is 24.1 Å². The fraction of sp³-hybridized carbons (Fsp3) is 0.417. The Hall–Kier alpha value is -1.64. The van der Waals surface area contributed by atoms with Gasteiger partial charge in [0.05, 0.1) is 5.52 Å². The molecule has 0 saturated heterocycles. The number of rotatable bonds is 5. The van der Waals surface area contributed by atoms with E-state index < -0.39 is 16.0 Å². The largest absolute Gasteiger partial charge is 0.419 e. The van der Waals surface area contributed by atoms with Crippen LogP contribution in [0.25, 0.3) is 11.1 Å². The molecule has 0 fully saturated rings. The molecular formula is C12H17N3O4S. The second kappa shape index (κ2) is 5.39. The summed E-state index contributed by atoms with van der Waals surface area (Å²) in [6.07, 6.45) is 0.530. The van der Waals surface area contributed by atoms with Crippen molar-refractivity contribution in [3.63, 3.8) is 0 Å². The van der Waals surface area contributed by atoms with Crippen LogP contribution in [0.15, 0.2) is 27.4 Å². The molecule has 1 heterocycles. The first-order valence-electron chi connectivity index (χ1n) is 6.07. The molecule has 0 aliphatic carbocycles. The minimum absolute atomic E-state index is 0.290. The van der Waals surface area contributed by atoms with E-state index in [0.717, 1.165) is 9.87 Å². The summed E-state index contributed by atoms with van der Waals surface area (Å²) in [7, 11) is 1.16. The Bertz CT molecular complexity index is 774. The molecule has 0 amide bonds. The molecule has 20 heavy (non-hydrogen) atoms. The van der Waals surface area contributed by atoms with Crippen molar-refractivity contribution in [1.29, 1.82) is 0 Å². The van der Waals surface area contributed by atoms with Crippen LogP contribution >= 0.6 is 0 Å². The van der Waals surface area contributed by atoms with Crippen molar-refractivity contribution in [2.75, 3.05) is 20.6 Å². The van der Waals surface area contributed by atoms with Gasteiger partial charge in [-0.2, -0.15) is 12.7 Å². The predicted octanol–water partition coefficient (Wildman–Crippen LogP) is 0.0700. The van der Waals surface area contributed by atoms with Gasteiger partial charge < -0.3 is 4.42 Å². The molecule has 2 rings (SSSR count). The Morgan fingerprint density at radius 2 is 2.05 bits per heavy atom. The molecule has 110 valence electrons. The number of oxazole rings is 1. The zero-order chi connectivity index (χ0) is 14.9. The summed E-state index contributed by atoms with van der Waals surface area (Å²) < 4.78 is 33.1. The monoisotopic (exact) mass is 299 g/mol. The van der Waals surface area contributed by atoms with Crippen LogP contribution in [0.4, 0.5) is 0 Å². The van der Waals surface area contributed by atoms with Crippen LogP contribution in [0.3, 0.4) is 0 Å². The van der Waals surface area contributed by atoms with Gasteiger partial charge in [0.25, 0.3) is 10.2 Å². The number of hydrogen-bond acceptors (Lipinski definition) is 4. The van der Waals surface area contributed by atoms with Gasteiger partial charge in [0.15, 0.2) is 5.58 Å². The smallest absolute Gasteiger partial charge is 0.408 e. The molecule has 1 aromatic heterocycles. The minimum Gasteiger partial charge on any atom is -0.408 e. The Kier molecular flexibility index (Phi) is 3.98. The van der Waals surface area contributed by atoms with Crippen LogP contribution < -0.4 is 10.5 Å². The normalized spacial score (nSPS) is 12.4. The highest BCUT2D eigenvalue weighted by Crippen LogP contribution is 2.14. The fourth-order valence-corrected chi connectivity index (χ4v) is 2.40. The van der Waals surface area contributed by atoms with Gasteiger partial charge in [-0.3, -0.25) is 4.57 Å². The molecule has 0 aliphatic heterocycles. The number of nitrogens with zero attached hydrogens (tertiary/aromatic N) is 2. The zero-order valence-corrected chi connectivity index (χ0v) is 12.4. The molecule has 2 aromatic rings. The Labute approximate surface area is 117 Å². The van der Waals surface area contributed by atoms with Crippen molar-refractivity contribution in [2.45, 2.75) is 6.42 Å². The summed E-state index contributed by atoms with van der Waals surface area (Å²) in [5, 5.41) is 0. The second-order valence-corrected chi connectivity index (χ2v) is 6.63. The number of fused-ring (bicyclic) bond motifs is 1. The van der Waals surface area contributed by atoms with E-state index in [0.29, 0.717) is 17.5 Å². The minimum atomic E-state index is -3.41. The number of benzene rings is 1. The van der Waals surface area contributed by atoms with Crippen molar-refractivity contribution < 1.29 is 12.8 Å². The molecule has 8 heteroatoms. The Morgan fingerprint density at radius 3 is 2.70 bits per heavy atom. The predicted molar refractivity (Wildman–Crippen MR) is 75.8 cm³/mol. The summed E-state index contributed by atoms with van der Waals surface area (Å²) in [6.45, 7) is 0.290. The SMILES string of the molecule is CN(C)S(=O)(=O)NCCc1ccc2oc(=O)n(C)c2c1. The topological polar surface area (TPSA) is 84.6 Å². The van der Waals surface area contributed by atoms with Gasteiger partial charge in [0.2, 0.25) is 0 Å². The molecular weight excluding hydrogens is 282 g/mol. The Morgan fingerprint density at radius 1 is 1.35 bits per heavy atom. The lowest BCUT2D eigenvalue weighted by Crippen LogP contribution is -2.36. The second-order valence-electron chi connectivity index (χ2n) is 4.66. The molecule has 0 atom stereocenters. The third-order valence-corrected chi connectivity index (χ3v) is 4.57. The van der Waals surface area contributed by atoms with Gasteiger partial charge in [-0.1, -0.05) is 6.07 Å². The van der Waals surface area contributed by atoms with E-state index in [-0.39, 0.29) is 6.54 Å². The summed E-state index contributed by atoms with van der Waals surface area (Å²) in [5.41, 5.74) is 2.15. The van der Waals surface area contributed by atoms with E-state index in [4.69, 9.17) is 4.42 Å². The maximum atomic E-state index is 11.5. The van der Waals surface area contributed by atoms with E-state index in [1.54, 1.807) is 13.1 Å². The van der Waals surface area contributed by atoms with Crippen LogP contribution in [-0.4, -0.2) is 37.9 Å². The average Bonchev–Trinajstić information content (AvgIpc) is 2.65. The van der Waals surface area contributed by atoms with Crippen LogP contribution in [0.2, 0.25) is 0 Å². The molecule has 0 aliphatic rings. The van der Waals surface area contributed by atoms with E-state index in [1.165, 1.54) is 18.7 Å². The molecule has 1 aromatic carbocycles. The van der Waals surface area contributed by atoms with Crippen molar-refractivity contribution in [2.24, 2.45) is 7.05 Å². The maximum Gasteiger partial charge on any atom is 0.419 e. The van der Waals surface area contributed by atoms with Crippen LogP contribution in [0.1, 0.15) is 5.56 Å². The highest BCUT2D eigenvalue weighted by molar-refractivity contribution is 7.87. The summed E-state index contributed by atoms with van der Waals surface area (Å²) >= 11 is 0. The zero-order valence-electron chi connectivity index (χ0n) is 11.6.